The van der Waals surface area contributed by atoms with E-state index in [2.05, 4.69) is 47.0 Å². The van der Waals surface area contributed by atoms with Gasteiger partial charge >= 0.3 is 5.97 Å². The lowest BCUT2D eigenvalue weighted by atomic mass is 9.77. The lowest BCUT2D eigenvalue weighted by molar-refractivity contribution is -0.155. The van der Waals surface area contributed by atoms with Crippen LogP contribution in [0.4, 0.5) is 5.13 Å². The minimum Gasteiger partial charge on any atom is -0.477 e. The largest absolute Gasteiger partial charge is 0.477 e. The molecule has 0 bridgehead atoms. The lowest BCUT2D eigenvalue weighted by Crippen LogP contribution is -2.72. The Bertz CT molecular complexity index is 2620. The number of aliphatic carboxylic acids is 1. The number of aromatic nitrogens is 1. The highest BCUT2D eigenvalue weighted by molar-refractivity contribution is 7.14. The van der Waals surface area contributed by atoms with E-state index in [0.29, 0.717) is 11.6 Å². The third-order valence-corrected chi connectivity index (χ3v) is 12.7. The normalized spacial score (nSPS) is 16.4. The van der Waals surface area contributed by atoms with Crippen molar-refractivity contribution in [2.24, 2.45) is 5.16 Å². The number of carboxylic acid groups (broad SMARTS) is 1. The number of benzene rings is 6. The summed E-state index contributed by atoms with van der Waals surface area (Å²) in [5.41, 5.74) is 2.60. The maximum Gasteiger partial charge on any atom is 0.353 e. The second-order valence-corrected chi connectivity index (χ2v) is 16.5. The van der Waals surface area contributed by atoms with Crippen molar-refractivity contribution in [1.29, 1.82) is 0 Å². The van der Waals surface area contributed by atoms with Gasteiger partial charge in [-0.15, -0.1) is 11.3 Å². The van der Waals surface area contributed by atoms with Crippen LogP contribution in [0.5, 0.6) is 0 Å². The van der Waals surface area contributed by atoms with Gasteiger partial charge in [-0.05, 0) is 29.5 Å². The number of hydrogen-bond donors (Lipinski definition) is 3. The number of oxime groups is 1. The van der Waals surface area contributed by atoms with Gasteiger partial charge in [-0.2, -0.15) is 0 Å². The summed E-state index contributed by atoms with van der Waals surface area (Å²) in [6.07, 6.45) is 0.606. The lowest BCUT2D eigenvalue weighted by Gasteiger charge is -2.49. The van der Waals surface area contributed by atoms with Crippen molar-refractivity contribution in [1.82, 2.24) is 15.2 Å². The minimum atomic E-state index is -1.35. The average Bonchev–Trinajstić information content (AvgIpc) is 3.80. The van der Waals surface area contributed by atoms with Crippen LogP contribution in [-0.2, 0) is 30.4 Å². The molecule has 0 saturated carbocycles. The highest BCUT2D eigenvalue weighted by Crippen LogP contribution is 2.43. The van der Waals surface area contributed by atoms with E-state index in [1.165, 1.54) is 11.3 Å². The van der Waals surface area contributed by atoms with E-state index in [1.807, 2.05) is 146 Å². The van der Waals surface area contributed by atoms with Crippen molar-refractivity contribution in [2.75, 3.05) is 5.32 Å². The number of carbonyl (C=O) groups excluding carboxylic acids is 2. The van der Waals surface area contributed by atoms with Crippen molar-refractivity contribution in [3.63, 3.8) is 0 Å². The van der Waals surface area contributed by atoms with Crippen LogP contribution in [0.1, 0.15) is 51.9 Å². The van der Waals surface area contributed by atoms with E-state index in [9.17, 15) is 19.5 Å². The van der Waals surface area contributed by atoms with E-state index in [4.69, 9.17) is 26.6 Å². The molecule has 1 saturated heterocycles. The van der Waals surface area contributed by atoms with E-state index < -0.39 is 41.0 Å². The summed E-state index contributed by atoms with van der Waals surface area (Å²) >= 11 is 7.58. The van der Waals surface area contributed by atoms with Crippen LogP contribution < -0.4 is 10.6 Å². The fraction of sp³-hybridized carbons (Fsp3) is 0.118. The van der Waals surface area contributed by atoms with Crippen LogP contribution in [0, 0.1) is 0 Å². The zero-order chi connectivity index (χ0) is 43.4. The third-order valence-electron chi connectivity index (χ3n) is 11.6. The minimum absolute atomic E-state index is 0.0895. The monoisotopic (exact) mass is 869 g/mol. The number of fused-ring (bicyclic) bond motifs is 1. The fourth-order valence-electron chi connectivity index (χ4n) is 8.60. The second-order valence-electron chi connectivity index (χ2n) is 15.1. The number of rotatable bonds is 14. The molecule has 2 aliphatic heterocycles. The number of nitrogens with one attached hydrogen (secondary N) is 2. The summed E-state index contributed by atoms with van der Waals surface area (Å²) in [6, 6.07) is 57.5. The Morgan fingerprint density at radius 3 is 1.56 bits per heavy atom. The van der Waals surface area contributed by atoms with Crippen LogP contribution in [-0.4, -0.2) is 50.6 Å². The zero-order valence-corrected chi connectivity index (χ0v) is 35.2. The van der Waals surface area contributed by atoms with E-state index in [-0.39, 0.29) is 28.6 Å². The first kappa shape index (κ1) is 41.0. The summed E-state index contributed by atoms with van der Waals surface area (Å²) in [4.78, 5) is 53.7. The van der Waals surface area contributed by atoms with Crippen LogP contribution in [0.3, 0.4) is 0 Å². The Kier molecular flexibility index (Phi) is 11.4. The van der Waals surface area contributed by atoms with Gasteiger partial charge in [-0.3, -0.25) is 14.5 Å². The predicted octanol–water partition coefficient (Wildman–Crippen LogP) is 9.28. The quantitative estimate of drug-likeness (QED) is 0.0430. The van der Waals surface area contributed by atoms with E-state index >= 15 is 0 Å². The first-order valence-corrected chi connectivity index (χ1v) is 21.7. The van der Waals surface area contributed by atoms with E-state index in [0.717, 1.165) is 38.3 Å². The molecule has 3 heterocycles. The average molecular weight is 870 g/mol. The molecule has 6 aromatic carbocycles. The summed E-state index contributed by atoms with van der Waals surface area (Å²) in [6.45, 7) is 0. The maximum atomic E-state index is 14.8. The molecular weight excluding hydrogens is 830 g/mol. The van der Waals surface area contributed by atoms with Crippen LogP contribution in [0.2, 0.25) is 0 Å². The summed E-state index contributed by atoms with van der Waals surface area (Å²) in [5, 5.41) is 23.6. The molecule has 2 atom stereocenters. The Labute approximate surface area is 373 Å². The molecule has 7 aromatic rings. The van der Waals surface area contributed by atoms with Crippen molar-refractivity contribution < 1.29 is 24.3 Å². The number of β-lactam (4-membered cyclic amide) rings is 1. The number of carbonyl (C=O) groups is 3. The Hall–Kier alpha value is -7.34. The van der Waals surface area contributed by atoms with Gasteiger partial charge in [-0.1, -0.05) is 199 Å². The molecular formula is C51H40ClN5O5S. The highest BCUT2D eigenvalue weighted by Gasteiger charge is 2.54. The summed E-state index contributed by atoms with van der Waals surface area (Å²) in [7, 11) is 0. The van der Waals surface area contributed by atoms with Gasteiger partial charge in [0, 0.05) is 27.1 Å². The number of hydrogen-bond acceptors (Lipinski definition) is 8. The predicted molar refractivity (Wildman–Crippen MR) is 244 cm³/mol. The Morgan fingerprint density at radius 2 is 1.13 bits per heavy atom. The maximum absolute atomic E-state index is 14.8. The number of allylic oxidation sites excluding steroid dienone is 1. The van der Waals surface area contributed by atoms with Gasteiger partial charge in [0.15, 0.2) is 10.8 Å². The molecule has 0 aliphatic carbocycles. The van der Waals surface area contributed by atoms with Gasteiger partial charge in [0.1, 0.15) is 23.0 Å². The van der Waals surface area contributed by atoms with Crippen LogP contribution in [0.25, 0.3) is 0 Å². The van der Waals surface area contributed by atoms with Crippen LogP contribution >= 0.6 is 22.9 Å². The van der Waals surface area contributed by atoms with Crippen molar-refractivity contribution in [2.45, 2.75) is 36.1 Å². The molecule has 12 heteroatoms. The molecule has 2 aliphatic rings. The van der Waals surface area contributed by atoms with Gasteiger partial charge in [0.25, 0.3) is 11.8 Å². The number of halogens is 1. The standard InChI is InChI=1S/C51H40ClN5O5S/c52-40-31-32-42-44(47(59)57(42)45(40)48(60)61)54-46(58)43(56-62-51(37-25-13-4-14-26-37,38-27-15-5-16-28-38)39-29-17-6-18-30-39)41-33-63-49(53-41)55-50(34-19-7-1-8-20-34,35-21-9-2-10-22-35)36-23-11-3-12-24-36/h1-30,33,42,44H,31-32H2,(H,53,55)(H,54,58)(H,60,61)/b56-43-/t42-,44+/m1/s1. The zero-order valence-electron chi connectivity index (χ0n) is 33.7. The molecule has 63 heavy (non-hydrogen) atoms. The Balaban J connectivity index is 1.17. The second kappa shape index (κ2) is 17.6. The topological polar surface area (TPSA) is 133 Å². The molecule has 2 amide bonds. The molecule has 0 unspecified atom stereocenters. The number of carboxylic acids is 1. The number of amides is 2. The summed E-state index contributed by atoms with van der Waals surface area (Å²) in [5.74, 6) is -2.63. The smallest absolute Gasteiger partial charge is 0.353 e. The molecule has 1 fully saturated rings. The van der Waals surface area contributed by atoms with Gasteiger partial charge in [-0.25, -0.2) is 9.78 Å². The van der Waals surface area contributed by atoms with Crippen LogP contribution in [0.15, 0.2) is 203 Å². The molecule has 10 nitrogen and oxygen atoms in total. The molecule has 3 N–H and O–H groups in total. The van der Waals surface area contributed by atoms with Gasteiger partial charge in [0.2, 0.25) is 5.60 Å². The number of thiazole rings is 1. The summed E-state index contributed by atoms with van der Waals surface area (Å²) < 4.78 is 0. The Morgan fingerprint density at radius 1 is 0.698 bits per heavy atom. The molecule has 0 radical (unpaired) electrons. The van der Waals surface area contributed by atoms with Crippen molar-refractivity contribution in [3.8, 4) is 0 Å². The number of anilines is 1. The molecule has 0 spiro atoms. The molecule has 312 valence electrons. The molecule has 1 aromatic heterocycles. The van der Waals surface area contributed by atoms with Crippen molar-refractivity contribution in [3.05, 3.63) is 237 Å². The first-order chi connectivity index (χ1) is 30.8. The van der Waals surface area contributed by atoms with Crippen molar-refractivity contribution >= 4 is 51.6 Å². The highest BCUT2D eigenvalue weighted by atomic mass is 35.5. The first-order valence-electron chi connectivity index (χ1n) is 20.4. The van der Waals surface area contributed by atoms with Gasteiger partial charge in [0.05, 0.1) is 6.04 Å². The fourth-order valence-corrected chi connectivity index (χ4v) is 9.64. The molecule has 9 rings (SSSR count). The third kappa shape index (κ3) is 7.55. The SMILES string of the molecule is O=C(O)C1=C(Cl)CC[C@@H]2[C@H](NC(=O)/C(=N\OC(c3ccccc3)(c3ccccc3)c3ccccc3)c3csc(NC(c4ccccc4)(c4ccccc4)c4ccccc4)n3)C(=O)N12. The van der Waals surface area contributed by atoms with Gasteiger partial charge < -0.3 is 20.6 Å². The number of nitrogens with zero attached hydrogens (tertiary/aromatic N) is 3. The van der Waals surface area contributed by atoms with E-state index in [1.54, 1.807) is 5.38 Å².